The van der Waals surface area contributed by atoms with Crippen LogP contribution in [0.4, 0.5) is 0 Å². The molecule has 2 N–H and O–H groups in total. The van der Waals surface area contributed by atoms with Gasteiger partial charge in [0.2, 0.25) is 5.88 Å². The zero-order chi connectivity index (χ0) is 20.9. The van der Waals surface area contributed by atoms with Crippen LogP contribution in [0.2, 0.25) is 0 Å². The standard InChI is InChI=1S/C23H20N6O/c1-29-22(13-20(28-29)19-4-2-3-11-26-19)30-21-12-17(14-25)15-27-23(21)18-7-5-16(6-8-18)9-10-24/h2-8,11-13,15H,9-10,24H2,1H3. The summed E-state index contributed by atoms with van der Waals surface area (Å²) in [5, 5.41) is 13.8. The maximum absolute atomic E-state index is 9.31. The van der Waals surface area contributed by atoms with Crippen molar-refractivity contribution in [2.75, 3.05) is 6.54 Å². The van der Waals surface area contributed by atoms with E-state index < -0.39 is 0 Å². The summed E-state index contributed by atoms with van der Waals surface area (Å²) in [5.74, 6) is 1.00. The fourth-order valence-electron chi connectivity index (χ4n) is 3.09. The van der Waals surface area contributed by atoms with Crippen LogP contribution >= 0.6 is 0 Å². The van der Waals surface area contributed by atoms with Crippen LogP contribution in [0.25, 0.3) is 22.6 Å². The molecule has 0 radical (unpaired) electrons. The average Bonchev–Trinajstić information content (AvgIpc) is 3.15. The van der Waals surface area contributed by atoms with E-state index in [4.69, 9.17) is 10.5 Å². The molecule has 0 saturated carbocycles. The molecule has 7 heteroatoms. The number of pyridine rings is 2. The molecule has 7 nitrogen and oxygen atoms in total. The van der Waals surface area contributed by atoms with E-state index in [0.29, 0.717) is 35.1 Å². The number of benzene rings is 1. The minimum Gasteiger partial charge on any atom is -0.437 e. The molecule has 0 spiro atoms. The molecule has 30 heavy (non-hydrogen) atoms. The monoisotopic (exact) mass is 396 g/mol. The van der Waals surface area contributed by atoms with Crippen molar-refractivity contribution >= 4 is 0 Å². The summed E-state index contributed by atoms with van der Waals surface area (Å²) in [6.45, 7) is 0.599. The average molecular weight is 396 g/mol. The first-order valence-corrected chi connectivity index (χ1v) is 9.51. The van der Waals surface area contributed by atoms with E-state index in [0.717, 1.165) is 23.2 Å². The molecule has 1 aromatic carbocycles. The lowest BCUT2D eigenvalue weighted by Crippen LogP contribution is -2.02. The third-order valence-electron chi connectivity index (χ3n) is 4.62. The fourth-order valence-corrected chi connectivity index (χ4v) is 3.09. The maximum atomic E-state index is 9.31. The topological polar surface area (TPSA) is 103 Å². The van der Waals surface area contributed by atoms with E-state index in [1.807, 2.05) is 48.5 Å². The fraction of sp³-hybridized carbons (Fsp3) is 0.130. The van der Waals surface area contributed by atoms with Crippen LogP contribution in [0, 0.1) is 11.3 Å². The molecule has 4 rings (SSSR count). The van der Waals surface area contributed by atoms with Crippen LogP contribution in [-0.4, -0.2) is 26.3 Å². The Hall–Kier alpha value is -4.02. The second-order valence-corrected chi connectivity index (χ2v) is 6.73. The van der Waals surface area contributed by atoms with Gasteiger partial charge in [0.05, 0.1) is 11.3 Å². The van der Waals surface area contributed by atoms with Crippen molar-refractivity contribution in [2.24, 2.45) is 12.8 Å². The highest BCUT2D eigenvalue weighted by molar-refractivity contribution is 5.68. The van der Waals surface area contributed by atoms with Crippen molar-refractivity contribution in [1.82, 2.24) is 19.7 Å². The number of rotatable bonds is 6. The first-order chi connectivity index (χ1) is 14.7. The van der Waals surface area contributed by atoms with E-state index in [9.17, 15) is 5.26 Å². The Morgan fingerprint density at radius 2 is 1.90 bits per heavy atom. The van der Waals surface area contributed by atoms with Gasteiger partial charge in [-0.3, -0.25) is 9.97 Å². The molecule has 3 heterocycles. The molecule has 0 fully saturated rings. The van der Waals surface area contributed by atoms with Crippen LogP contribution in [0.5, 0.6) is 11.6 Å². The largest absolute Gasteiger partial charge is 0.437 e. The summed E-state index contributed by atoms with van der Waals surface area (Å²) in [5.41, 5.74) is 10.2. The van der Waals surface area contributed by atoms with Crippen LogP contribution in [0.1, 0.15) is 11.1 Å². The predicted molar refractivity (Wildman–Crippen MR) is 114 cm³/mol. The number of hydrogen-bond donors (Lipinski definition) is 1. The van der Waals surface area contributed by atoms with Crippen LogP contribution in [0.15, 0.2) is 67.0 Å². The van der Waals surface area contributed by atoms with Gasteiger partial charge < -0.3 is 10.5 Å². The van der Waals surface area contributed by atoms with Crippen molar-refractivity contribution in [3.63, 3.8) is 0 Å². The molecule has 0 atom stereocenters. The quantitative estimate of drug-likeness (QED) is 0.533. The third-order valence-corrected chi connectivity index (χ3v) is 4.62. The Balaban J connectivity index is 1.70. The van der Waals surface area contributed by atoms with Gasteiger partial charge in [0, 0.05) is 37.1 Å². The number of hydrogen-bond acceptors (Lipinski definition) is 6. The molecule has 0 saturated heterocycles. The molecule has 0 aliphatic rings. The van der Waals surface area contributed by atoms with E-state index in [2.05, 4.69) is 21.1 Å². The molecule has 4 aromatic rings. The van der Waals surface area contributed by atoms with Crippen LogP contribution < -0.4 is 10.5 Å². The lowest BCUT2D eigenvalue weighted by molar-refractivity contribution is 0.430. The Morgan fingerprint density at radius 3 is 2.60 bits per heavy atom. The number of nitrogens with two attached hydrogens (primary N) is 1. The smallest absolute Gasteiger partial charge is 0.218 e. The van der Waals surface area contributed by atoms with Gasteiger partial charge in [-0.1, -0.05) is 30.3 Å². The second kappa shape index (κ2) is 8.55. The Morgan fingerprint density at radius 1 is 1.07 bits per heavy atom. The van der Waals surface area contributed by atoms with Gasteiger partial charge in [-0.25, -0.2) is 4.68 Å². The van der Waals surface area contributed by atoms with Gasteiger partial charge in [0.1, 0.15) is 17.5 Å². The Labute approximate surface area is 174 Å². The molecule has 3 aromatic heterocycles. The van der Waals surface area contributed by atoms with Crippen molar-refractivity contribution in [2.45, 2.75) is 6.42 Å². The minimum absolute atomic E-state index is 0.417. The first kappa shape index (κ1) is 19.3. The van der Waals surface area contributed by atoms with Crippen LogP contribution in [0.3, 0.4) is 0 Å². The molecule has 0 amide bonds. The molecular formula is C23H20N6O. The van der Waals surface area contributed by atoms with E-state index in [1.165, 1.54) is 0 Å². The van der Waals surface area contributed by atoms with Gasteiger partial charge in [0.15, 0.2) is 5.75 Å². The number of aromatic nitrogens is 4. The number of aryl methyl sites for hydroxylation is 1. The third kappa shape index (κ3) is 4.04. The summed E-state index contributed by atoms with van der Waals surface area (Å²) < 4.78 is 7.79. The Kier molecular flexibility index (Phi) is 5.50. The van der Waals surface area contributed by atoms with E-state index in [-0.39, 0.29) is 0 Å². The summed E-state index contributed by atoms with van der Waals surface area (Å²) in [6.07, 6.45) is 4.07. The normalized spacial score (nSPS) is 10.6. The molecule has 0 aliphatic carbocycles. The highest BCUT2D eigenvalue weighted by Crippen LogP contribution is 2.33. The molecule has 0 bridgehead atoms. The van der Waals surface area contributed by atoms with E-state index in [1.54, 1.807) is 30.2 Å². The lowest BCUT2D eigenvalue weighted by atomic mass is 10.1. The molecule has 148 valence electrons. The molecule has 0 unspecified atom stereocenters. The van der Waals surface area contributed by atoms with Gasteiger partial charge in [0.25, 0.3) is 0 Å². The lowest BCUT2D eigenvalue weighted by Gasteiger charge is -2.11. The predicted octanol–water partition coefficient (Wildman–Crippen LogP) is 3.71. The van der Waals surface area contributed by atoms with Crippen molar-refractivity contribution in [1.29, 1.82) is 5.26 Å². The number of nitrogens with zero attached hydrogens (tertiary/aromatic N) is 5. The second-order valence-electron chi connectivity index (χ2n) is 6.73. The number of nitriles is 1. The first-order valence-electron chi connectivity index (χ1n) is 9.51. The minimum atomic E-state index is 0.417. The zero-order valence-corrected chi connectivity index (χ0v) is 16.5. The zero-order valence-electron chi connectivity index (χ0n) is 16.5. The summed E-state index contributed by atoms with van der Waals surface area (Å²) in [4.78, 5) is 8.80. The molecular weight excluding hydrogens is 376 g/mol. The Bertz CT molecular complexity index is 1190. The van der Waals surface area contributed by atoms with Crippen LogP contribution in [-0.2, 0) is 13.5 Å². The van der Waals surface area contributed by atoms with E-state index >= 15 is 0 Å². The molecule has 0 aliphatic heterocycles. The van der Waals surface area contributed by atoms with Gasteiger partial charge in [-0.15, -0.1) is 0 Å². The SMILES string of the molecule is Cn1nc(-c2ccccn2)cc1Oc1cc(C#N)cnc1-c1ccc(CCN)cc1. The highest BCUT2D eigenvalue weighted by atomic mass is 16.5. The van der Waals surface area contributed by atoms with Crippen molar-refractivity contribution in [3.05, 3.63) is 78.1 Å². The van der Waals surface area contributed by atoms with Gasteiger partial charge >= 0.3 is 0 Å². The summed E-state index contributed by atoms with van der Waals surface area (Å²) in [7, 11) is 1.80. The summed E-state index contributed by atoms with van der Waals surface area (Å²) >= 11 is 0. The van der Waals surface area contributed by atoms with Crippen molar-refractivity contribution in [3.8, 4) is 40.3 Å². The maximum Gasteiger partial charge on any atom is 0.218 e. The van der Waals surface area contributed by atoms with Gasteiger partial charge in [-0.2, -0.15) is 10.4 Å². The van der Waals surface area contributed by atoms with Crippen molar-refractivity contribution < 1.29 is 4.74 Å². The summed E-state index contributed by atoms with van der Waals surface area (Å²) in [6, 6.07) is 19.3. The van der Waals surface area contributed by atoms with Gasteiger partial charge in [-0.05, 0) is 30.7 Å². The number of ether oxygens (including phenoxy) is 1. The highest BCUT2D eigenvalue weighted by Gasteiger charge is 2.15.